The van der Waals surface area contributed by atoms with Gasteiger partial charge in [-0.2, -0.15) is 0 Å². The number of fused-ring (bicyclic) bond motifs is 1. The van der Waals surface area contributed by atoms with Gasteiger partial charge >= 0.3 is 0 Å². The van der Waals surface area contributed by atoms with Gasteiger partial charge < -0.3 is 5.32 Å². The van der Waals surface area contributed by atoms with E-state index in [1.165, 1.54) is 5.56 Å². The molecular formula is C13H16N2O. The number of hydrogen-bond acceptors (Lipinski definition) is 2. The molecule has 84 valence electrons. The van der Waals surface area contributed by atoms with Crippen LogP contribution in [-0.4, -0.2) is 30.4 Å². The van der Waals surface area contributed by atoms with Crippen LogP contribution in [0.4, 0.5) is 0 Å². The summed E-state index contributed by atoms with van der Waals surface area (Å²) < 4.78 is 0. The van der Waals surface area contributed by atoms with Crippen molar-refractivity contribution in [2.24, 2.45) is 11.8 Å². The van der Waals surface area contributed by atoms with Gasteiger partial charge in [-0.1, -0.05) is 30.3 Å². The standard InChI is InChI=1S/C13H16N2O/c16-13-12-9-15(8-11(12)6-14-13)7-10-4-2-1-3-5-10/h1-5,11-12H,6-9H2,(H,14,16). The molecule has 3 nitrogen and oxygen atoms in total. The van der Waals surface area contributed by atoms with Gasteiger partial charge in [-0.25, -0.2) is 0 Å². The van der Waals surface area contributed by atoms with Crippen LogP contribution in [0.5, 0.6) is 0 Å². The van der Waals surface area contributed by atoms with Crippen molar-refractivity contribution in [3.63, 3.8) is 0 Å². The van der Waals surface area contributed by atoms with Gasteiger partial charge in [0.1, 0.15) is 0 Å². The third kappa shape index (κ3) is 1.71. The van der Waals surface area contributed by atoms with E-state index in [4.69, 9.17) is 0 Å². The van der Waals surface area contributed by atoms with Crippen LogP contribution in [0.1, 0.15) is 5.56 Å². The fraction of sp³-hybridized carbons (Fsp3) is 0.462. The highest BCUT2D eigenvalue weighted by atomic mass is 16.2. The van der Waals surface area contributed by atoms with Crippen LogP contribution in [0.25, 0.3) is 0 Å². The van der Waals surface area contributed by atoms with Crippen molar-refractivity contribution >= 4 is 5.91 Å². The number of likely N-dealkylation sites (tertiary alicyclic amines) is 1. The van der Waals surface area contributed by atoms with Gasteiger partial charge in [-0.3, -0.25) is 9.69 Å². The fourth-order valence-corrected chi connectivity index (χ4v) is 2.80. The van der Waals surface area contributed by atoms with E-state index in [0.29, 0.717) is 5.92 Å². The molecule has 0 aromatic heterocycles. The lowest BCUT2D eigenvalue weighted by Gasteiger charge is -2.16. The van der Waals surface area contributed by atoms with Crippen molar-refractivity contribution < 1.29 is 4.79 Å². The molecule has 3 rings (SSSR count). The van der Waals surface area contributed by atoms with Gasteiger partial charge in [-0.15, -0.1) is 0 Å². The van der Waals surface area contributed by atoms with E-state index in [-0.39, 0.29) is 11.8 Å². The quantitative estimate of drug-likeness (QED) is 0.795. The second-order valence-electron chi connectivity index (χ2n) is 4.79. The second kappa shape index (κ2) is 3.91. The second-order valence-corrected chi connectivity index (χ2v) is 4.79. The first kappa shape index (κ1) is 9.85. The third-order valence-electron chi connectivity index (χ3n) is 3.64. The Bertz CT molecular complexity index is 390. The van der Waals surface area contributed by atoms with E-state index in [0.717, 1.165) is 26.2 Å². The van der Waals surface area contributed by atoms with Crippen molar-refractivity contribution in [3.8, 4) is 0 Å². The van der Waals surface area contributed by atoms with Crippen molar-refractivity contribution in [3.05, 3.63) is 35.9 Å². The minimum Gasteiger partial charge on any atom is -0.355 e. The van der Waals surface area contributed by atoms with Crippen molar-refractivity contribution in [1.29, 1.82) is 0 Å². The summed E-state index contributed by atoms with van der Waals surface area (Å²) >= 11 is 0. The molecule has 2 heterocycles. The number of amides is 1. The summed E-state index contributed by atoms with van der Waals surface area (Å²) in [7, 11) is 0. The lowest BCUT2D eigenvalue weighted by molar-refractivity contribution is -0.122. The maximum Gasteiger partial charge on any atom is 0.224 e. The summed E-state index contributed by atoms with van der Waals surface area (Å²) in [6, 6.07) is 10.5. The SMILES string of the molecule is O=C1NCC2CN(Cc3ccccc3)CC12. The highest BCUT2D eigenvalue weighted by molar-refractivity contribution is 5.81. The van der Waals surface area contributed by atoms with Crippen LogP contribution < -0.4 is 5.32 Å². The predicted molar refractivity (Wildman–Crippen MR) is 61.7 cm³/mol. The lowest BCUT2D eigenvalue weighted by atomic mass is 10.0. The first-order chi connectivity index (χ1) is 7.83. The summed E-state index contributed by atoms with van der Waals surface area (Å²) in [5.41, 5.74) is 1.34. The van der Waals surface area contributed by atoms with Crippen LogP contribution in [0.3, 0.4) is 0 Å². The Morgan fingerprint density at radius 3 is 2.81 bits per heavy atom. The largest absolute Gasteiger partial charge is 0.355 e. The van der Waals surface area contributed by atoms with Crippen LogP contribution in [0.15, 0.2) is 30.3 Å². The van der Waals surface area contributed by atoms with E-state index in [2.05, 4.69) is 34.5 Å². The van der Waals surface area contributed by atoms with E-state index < -0.39 is 0 Å². The van der Waals surface area contributed by atoms with Gasteiger partial charge in [0.2, 0.25) is 5.91 Å². The number of carbonyl (C=O) groups excluding carboxylic acids is 1. The first-order valence-electron chi connectivity index (χ1n) is 5.87. The minimum absolute atomic E-state index is 0.240. The number of nitrogens with one attached hydrogen (secondary N) is 1. The zero-order valence-electron chi connectivity index (χ0n) is 9.23. The number of nitrogens with zero attached hydrogens (tertiary/aromatic N) is 1. The highest BCUT2D eigenvalue weighted by Crippen LogP contribution is 2.28. The zero-order valence-corrected chi connectivity index (χ0v) is 9.23. The van der Waals surface area contributed by atoms with Crippen molar-refractivity contribution in [2.45, 2.75) is 6.54 Å². The lowest BCUT2D eigenvalue weighted by Crippen LogP contribution is -2.28. The van der Waals surface area contributed by atoms with Gasteiger partial charge in [-0.05, 0) is 5.56 Å². The molecule has 16 heavy (non-hydrogen) atoms. The van der Waals surface area contributed by atoms with Crippen LogP contribution in [0.2, 0.25) is 0 Å². The van der Waals surface area contributed by atoms with Gasteiger partial charge in [0, 0.05) is 32.1 Å². The molecule has 0 saturated carbocycles. The molecule has 1 amide bonds. The monoisotopic (exact) mass is 216 g/mol. The molecule has 2 aliphatic rings. The topological polar surface area (TPSA) is 32.3 Å². The Balaban J connectivity index is 1.65. The van der Waals surface area contributed by atoms with Crippen LogP contribution >= 0.6 is 0 Å². The number of hydrogen-bond donors (Lipinski definition) is 1. The molecule has 1 aromatic carbocycles. The molecule has 2 atom stereocenters. The Kier molecular flexibility index (Phi) is 2.40. The van der Waals surface area contributed by atoms with Gasteiger partial charge in [0.15, 0.2) is 0 Å². The first-order valence-corrected chi connectivity index (χ1v) is 5.87. The molecule has 2 unspecified atom stereocenters. The molecule has 1 N–H and O–H groups in total. The Hall–Kier alpha value is -1.35. The molecule has 2 fully saturated rings. The number of rotatable bonds is 2. The Morgan fingerprint density at radius 1 is 1.25 bits per heavy atom. The Morgan fingerprint density at radius 2 is 2.06 bits per heavy atom. The van der Waals surface area contributed by atoms with Gasteiger partial charge in [0.25, 0.3) is 0 Å². The summed E-state index contributed by atoms with van der Waals surface area (Å²) in [6.45, 7) is 3.82. The summed E-state index contributed by atoms with van der Waals surface area (Å²) in [5.74, 6) is 1.03. The highest BCUT2D eigenvalue weighted by Gasteiger charge is 2.41. The zero-order chi connectivity index (χ0) is 11.0. The van der Waals surface area contributed by atoms with E-state index in [1.807, 2.05) is 6.07 Å². The molecule has 0 aliphatic carbocycles. The molecular weight excluding hydrogens is 200 g/mol. The van der Waals surface area contributed by atoms with Crippen LogP contribution in [-0.2, 0) is 11.3 Å². The van der Waals surface area contributed by atoms with Crippen LogP contribution in [0, 0.1) is 11.8 Å². The van der Waals surface area contributed by atoms with Crippen molar-refractivity contribution in [2.75, 3.05) is 19.6 Å². The molecule has 2 aliphatic heterocycles. The fourth-order valence-electron chi connectivity index (χ4n) is 2.80. The van der Waals surface area contributed by atoms with Gasteiger partial charge in [0.05, 0.1) is 5.92 Å². The molecule has 0 bridgehead atoms. The molecule has 2 saturated heterocycles. The maximum atomic E-state index is 11.5. The number of benzene rings is 1. The smallest absolute Gasteiger partial charge is 0.224 e. The van der Waals surface area contributed by atoms with E-state index >= 15 is 0 Å². The maximum absolute atomic E-state index is 11.5. The molecule has 0 radical (unpaired) electrons. The van der Waals surface area contributed by atoms with E-state index in [9.17, 15) is 4.79 Å². The average molecular weight is 216 g/mol. The van der Waals surface area contributed by atoms with E-state index in [1.54, 1.807) is 0 Å². The normalized spacial score (nSPS) is 29.1. The summed E-state index contributed by atoms with van der Waals surface area (Å²) in [5, 5.41) is 2.94. The summed E-state index contributed by atoms with van der Waals surface area (Å²) in [4.78, 5) is 13.9. The molecule has 1 aromatic rings. The average Bonchev–Trinajstić information content (AvgIpc) is 2.83. The third-order valence-corrected chi connectivity index (χ3v) is 3.64. The Labute approximate surface area is 95.4 Å². The minimum atomic E-state index is 0.240. The van der Waals surface area contributed by atoms with Crippen molar-refractivity contribution in [1.82, 2.24) is 10.2 Å². The molecule has 0 spiro atoms. The number of carbonyl (C=O) groups is 1. The molecule has 3 heteroatoms. The summed E-state index contributed by atoms with van der Waals surface area (Å²) in [6.07, 6.45) is 0. The predicted octanol–water partition coefficient (Wildman–Crippen LogP) is 0.864.